The molecule has 0 aromatic heterocycles. The van der Waals surface area contributed by atoms with Crippen LogP contribution in [0.5, 0.6) is 0 Å². The highest BCUT2D eigenvalue weighted by Gasteiger charge is 2.29. The lowest BCUT2D eigenvalue weighted by Gasteiger charge is -2.35. The van der Waals surface area contributed by atoms with Gasteiger partial charge in [0.05, 0.1) is 12.2 Å². The van der Waals surface area contributed by atoms with Crippen molar-refractivity contribution >= 4 is 5.91 Å². The molecule has 0 spiro atoms. The number of amides is 1. The largest absolute Gasteiger partial charge is 0.393 e. The van der Waals surface area contributed by atoms with Crippen molar-refractivity contribution in [3.05, 3.63) is 0 Å². The second kappa shape index (κ2) is 5.72. The van der Waals surface area contributed by atoms with Gasteiger partial charge in [-0.1, -0.05) is 13.3 Å². The molecule has 2 atom stereocenters. The minimum absolute atomic E-state index is 0.0467. The van der Waals surface area contributed by atoms with E-state index >= 15 is 0 Å². The molecule has 2 unspecified atom stereocenters. The predicted molar refractivity (Wildman–Crippen MR) is 55.8 cm³/mol. The van der Waals surface area contributed by atoms with Crippen LogP contribution in [0.15, 0.2) is 0 Å². The van der Waals surface area contributed by atoms with Crippen LogP contribution >= 0.6 is 0 Å². The fraction of sp³-hybridized carbons (Fsp3) is 0.818. The second-order valence-electron chi connectivity index (χ2n) is 4.08. The quantitative estimate of drug-likeness (QED) is 0.753. The van der Waals surface area contributed by atoms with E-state index in [0.29, 0.717) is 19.5 Å². The Morgan fingerprint density at radius 3 is 3.00 bits per heavy atom. The average Bonchev–Trinajstić information content (AvgIpc) is 2.22. The Balaban J connectivity index is 2.50. The van der Waals surface area contributed by atoms with E-state index in [1.807, 2.05) is 6.07 Å². The van der Waals surface area contributed by atoms with Gasteiger partial charge in [0.15, 0.2) is 0 Å². The topological polar surface area (TPSA) is 64.3 Å². The molecule has 84 valence electrons. The van der Waals surface area contributed by atoms with Gasteiger partial charge in [0, 0.05) is 19.0 Å². The summed E-state index contributed by atoms with van der Waals surface area (Å²) in [6.07, 6.45) is 2.27. The van der Waals surface area contributed by atoms with Crippen LogP contribution in [0.25, 0.3) is 0 Å². The third-order valence-corrected chi connectivity index (χ3v) is 2.94. The zero-order chi connectivity index (χ0) is 11.3. The van der Waals surface area contributed by atoms with Crippen molar-refractivity contribution in [2.45, 2.75) is 38.7 Å². The van der Waals surface area contributed by atoms with Crippen LogP contribution in [-0.4, -0.2) is 35.1 Å². The van der Waals surface area contributed by atoms with Gasteiger partial charge in [0.25, 0.3) is 0 Å². The molecule has 1 aliphatic rings. The van der Waals surface area contributed by atoms with E-state index in [2.05, 4.69) is 6.92 Å². The second-order valence-corrected chi connectivity index (χ2v) is 4.08. The first-order valence-corrected chi connectivity index (χ1v) is 5.51. The molecule has 1 heterocycles. The van der Waals surface area contributed by atoms with Gasteiger partial charge in [0.2, 0.25) is 5.91 Å². The van der Waals surface area contributed by atoms with Crippen LogP contribution in [0.1, 0.15) is 32.6 Å². The first kappa shape index (κ1) is 12.0. The van der Waals surface area contributed by atoms with Gasteiger partial charge in [-0.3, -0.25) is 4.79 Å². The fourth-order valence-electron chi connectivity index (χ4n) is 2.08. The van der Waals surface area contributed by atoms with Gasteiger partial charge in [-0.15, -0.1) is 0 Å². The maximum atomic E-state index is 11.5. The van der Waals surface area contributed by atoms with Gasteiger partial charge < -0.3 is 10.0 Å². The van der Waals surface area contributed by atoms with Crippen molar-refractivity contribution in [3.8, 4) is 6.07 Å². The summed E-state index contributed by atoms with van der Waals surface area (Å²) >= 11 is 0. The van der Waals surface area contributed by atoms with Crippen molar-refractivity contribution in [1.82, 2.24) is 4.90 Å². The van der Waals surface area contributed by atoms with Crippen molar-refractivity contribution in [2.75, 3.05) is 13.1 Å². The normalized spacial score (nSPS) is 26.1. The molecule has 1 saturated heterocycles. The molecule has 0 saturated carbocycles. The van der Waals surface area contributed by atoms with E-state index in [1.165, 1.54) is 0 Å². The van der Waals surface area contributed by atoms with E-state index in [1.54, 1.807) is 4.90 Å². The summed E-state index contributed by atoms with van der Waals surface area (Å²) in [5.41, 5.74) is 0. The lowest BCUT2D eigenvalue weighted by molar-refractivity contribution is -0.134. The Labute approximate surface area is 90.5 Å². The van der Waals surface area contributed by atoms with Gasteiger partial charge >= 0.3 is 0 Å². The fourth-order valence-corrected chi connectivity index (χ4v) is 2.08. The molecule has 1 aliphatic heterocycles. The van der Waals surface area contributed by atoms with Crippen molar-refractivity contribution in [3.63, 3.8) is 0 Å². The molecule has 0 bridgehead atoms. The molecule has 1 rings (SSSR count). The van der Waals surface area contributed by atoms with Gasteiger partial charge in [-0.2, -0.15) is 5.26 Å². The number of carbonyl (C=O) groups excluding carboxylic acids is 1. The number of carbonyl (C=O) groups is 1. The smallest absolute Gasteiger partial charge is 0.236 e. The number of nitrogens with zero attached hydrogens (tertiary/aromatic N) is 2. The summed E-state index contributed by atoms with van der Waals surface area (Å²) in [4.78, 5) is 13.2. The first-order valence-electron chi connectivity index (χ1n) is 5.51. The summed E-state index contributed by atoms with van der Waals surface area (Å²) in [6.45, 7) is 3.26. The number of hydrogen-bond acceptors (Lipinski definition) is 3. The lowest BCUT2D eigenvalue weighted by Crippen LogP contribution is -2.45. The first-order chi connectivity index (χ1) is 7.19. The molecule has 0 radical (unpaired) electrons. The Morgan fingerprint density at radius 1 is 1.67 bits per heavy atom. The van der Waals surface area contributed by atoms with E-state index in [4.69, 9.17) is 5.26 Å². The molecule has 1 N–H and O–H groups in total. The summed E-state index contributed by atoms with van der Waals surface area (Å²) in [7, 11) is 0. The molecule has 0 aliphatic carbocycles. The molecule has 4 heteroatoms. The van der Waals surface area contributed by atoms with Crippen LogP contribution in [-0.2, 0) is 4.79 Å². The highest BCUT2D eigenvalue weighted by atomic mass is 16.3. The van der Waals surface area contributed by atoms with Crippen LogP contribution in [0.3, 0.4) is 0 Å². The van der Waals surface area contributed by atoms with Crippen LogP contribution in [0.4, 0.5) is 0 Å². The van der Waals surface area contributed by atoms with E-state index in [0.717, 1.165) is 12.8 Å². The Hall–Kier alpha value is -1.08. The van der Waals surface area contributed by atoms with E-state index in [-0.39, 0.29) is 24.3 Å². The summed E-state index contributed by atoms with van der Waals surface area (Å²) < 4.78 is 0. The molecule has 15 heavy (non-hydrogen) atoms. The zero-order valence-electron chi connectivity index (χ0n) is 9.15. The number of nitriles is 1. The van der Waals surface area contributed by atoms with Gasteiger partial charge in [-0.25, -0.2) is 0 Å². The number of likely N-dealkylation sites (tertiary alicyclic amines) is 1. The summed E-state index contributed by atoms with van der Waals surface area (Å²) in [5, 5.41) is 18.2. The molecule has 1 amide bonds. The minimum Gasteiger partial charge on any atom is -0.393 e. The Bertz CT molecular complexity index is 260. The highest BCUT2D eigenvalue weighted by Crippen LogP contribution is 2.21. The highest BCUT2D eigenvalue weighted by molar-refractivity contribution is 5.78. The van der Waals surface area contributed by atoms with Crippen LogP contribution in [0, 0.1) is 17.2 Å². The molecule has 4 nitrogen and oxygen atoms in total. The van der Waals surface area contributed by atoms with Crippen molar-refractivity contribution < 1.29 is 9.90 Å². The summed E-state index contributed by atoms with van der Waals surface area (Å²) in [6, 6.07) is 1.87. The molecule has 0 aromatic rings. The summed E-state index contributed by atoms with van der Waals surface area (Å²) in [5.74, 6) is 0.0805. The van der Waals surface area contributed by atoms with E-state index in [9.17, 15) is 9.90 Å². The van der Waals surface area contributed by atoms with Crippen LogP contribution < -0.4 is 0 Å². The molecule has 1 fully saturated rings. The van der Waals surface area contributed by atoms with Gasteiger partial charge in [0.1, 0.15) is 6.42 Å². The SMILES string of the molecule is CCCC1CN(C(=O)CC#N)CCC1O. The number of rotatable bonds is 3. The molecular formula is C11H18N2O2. The lowest BCUT2D eigenvalue weighted by atomic mass is 9.90. The minimum atomic E-state index is -0.281. The average molecular weight is 210 g/mol. The maximum absolute atomic E-state index is 11.5. The Kier molecular flexibility index (Phi) is 4.57. The molecular weight excluding hydrogens is 192 g/mol. The third kappa shape index (κ3) is 3.21. The number of piperidine rings is 1. The van der Waals surface area contributed by atoms with Gasteiger partial charge in [-0.05, 0) is 12.8 Å². The number of aliphatic hydroxyl groups is 1. The van der Waals surface area contributed by atoms with Crippen molar-refractivity contribution in [1.29, 1.82) is 5.26 Å². The van der Waals surface area contributed by atoms with Crippen molar-refractivity contribution in [2.24, 2.45) is 5.92 Å². The Morgan fingerprint density at radius 2 is 2.40 bits per heavy atom. The van der Waals surface area contributed by atoms with E-state index < -0.39 is 0 Å². The zero-order valence-corrected chi connectivity index (χ0v) is 9.15. The third-order valence-electron chi connectivity index (χ3n) is 2.94. The predicted octanol–water partition coefficient (Wildman–Crippen LogP) is 0.910. The maximum Gasteiger partial charge on any atom is 0.236 e. The monoisotopic (exact) mass is 210 g/mol. The standard InChI is InChI=1S/C11H18N2O2/c1-2-3-9-8-13(7-5-10(9)14)11(15)4-6-12/h9-10,14H,2-5,7-8H2,1H3. The number of aliphatic hydroxyl groups excluding tert-OH is 1. The number of hydrogen-bond donors (Lipinski definition) is 1. The van der Waals surface area contributed by atoms with Crippen LogP contribution in [0.2, 0.25) is 0 Å². The molecule has 0 aromatic carbocycles.